The fourth-order valence-electron chi connectivity index (χ4n) is 13.4. The van der Waals surface area contributed by atoms with Gasteiger partial charge in [-0.2, -0.15) is 0 Å². The zero-order valence-electron chi connectivity index (χ0n) is 64.4. The van der Waals surface area contributed by atoms with E-state index in [4.69, 9.17) is 18.9 Å². The average molecular weight is 1420 g/mol. The first-order valence-corrected chi connectivity index (χ1v) is 42.0. The van der Waals surface area contributed by atoms with E-state index in [-0.39, 0.29) is 18.9 Å². The van der Waals surface area contributed by atoms with Crippen LogP contribution in [-0.4, -0.2) is 140 Å². The van der Waals surface area contributed by atoms with Crippen LogP contribution in [0.4, 0.5) is 0 Å². The minimum Gasteiger partial charge on any atom is -0.394 e. The first-order chi connectivity index (χ1) is 49.6. The van der Waals surface area contributed by atoms with Crippen molar-refractivity contribution < 1.29 is 64.6 Å². The van der Waals surface area contributed by atoms with Crippen molar-refractivity contribution in [2.45, 2.75) is 428 Å². The molecule has 2 saturated heterocycles. The van der Waals surface area contributed by atoms with Crippen LogP contribution >= 0.6 is 0 Å². The predicted octanol–water partition coefficient (Wildman–Crippen LogP) is 19.6. The highest BCUT2D eigenvalue weighted by Crippen LogP contribution is 2.30. The van der Waals surface area contributed by atoms with Crippen molar-refractivity contribution in [1.82, 2.24) is 5.32 Å². The fourth-order valence-corrected chi connectivity index (χ4v) is 13.4. The number of rotatable bonds is 70. The van der Waals surface area contributed by atoms with Crippen LogP contribution in [0.5, 0.6) is 0 Å². The minimum absolute atomic E-state index is 0.247. The highest BCUT2D eigenvalue weighted by molar-refractivity contribution is 5.76. The molecule has 1 amide bonds. The number of hydrogen-bond acceptors (Lipinski definition) is 13. The Morgan fingerprint density at radius 1 is 0.366 bits per heavy atom. The number of carbonyl (C=O) groups excluding carboxylic acids is 1. The Labute approximate surface area is 617 Å². The van der Waals surface area contributed by atoms with Crippen molar-refractivity contribution in [3.05, 3.63) is 97.2 Å². The van der Waals surface area contributed by atoms with E-state index >= 15 is 0 Å². The number of amides is 1. The van der Waals surface area contributed by atoms with E-state index in [1.54, 1.807) is 6.08 Å². The molecule has 0 radical (unpaired) electrons. The molecule has 9 N–H and O–H groups in total. The Morgan fingerprint density at radius 2 is 0.693 bits per heavy atom. The molecular weight excluding hydrogens is 1270 g/mol. The Bertz CT molecular complexity index is 2070. The highest BCUT2D eigenvalue weighted by atomic mass is 16.7. The normalized spacial score (nSPS) is 22.2. The van der Waals surface area contributed by atoms with Crippen LogP contribution in [0.1, 0.15) is 354 Å². The number of allylic oxidation sites excluding steroid dienone is 15. The second-order valence-corrected chi connectivity index (χ2v) is 29.2. The summed E-state index contributed by atoms with van der Waals surface area (Å²) < 4.78 is 22.9. The lowest BCUT2D eigenvalue weighted by molar-refractivity contribution is -0.359. The number of nitrogens with one attached hydrogen (secondary N) is 1. The summed E-state index contributed by atoms with van der Waals surface area (Å²) in [6, 6.07) is -0.938. The monoisotopic (exact) mass is 1420 g/mol. The lowest BCUT2D eigenvalue weighted by Gasteiger charge is -2.46. The van der Waals surface area contributed by atoms with Gasteiger partial charge >= 0.3 is 0 Å². The van der Waals surface area contributed by atoms with Crippen LogP contribution in [-0.2, 0) is 23.7 Å². The Hall–Kier alpha value is -3.09. The lowest BCUT2D eigenvalue weighted by Crippen LogP contribution is -2.65. The summed E-state index contributed by atoms with van der Waals surface area (Å²) in [7, 11) is 0. The summed E-state index contributed by atoms with van der Waals surface area (Å²) in [5, 5.41) is 87.7. The molecule has 12 unspecified atom stereocenters. The van der Waals surface area contributed by atoms with Gasteiger partial charge in [-0.3, -0.25) is 4.79 Å². The molecule has 0 aromatic heterocycles. The van der Waals surface area contributed by atoms with Crippen LogP contribution in [0.15, 0.2) is 97.2 Å². The molecule has 14 heteroatoms. The van der Waals surface area contributed by atoms with Gasteiger partial charge in [0.2, 0.25) is 5.91 Å². The van der Waals surface area contributed by atoms with E-state index < -0.39 is 86.8 Å². The van der Waals surface area contributed by atoms with Crippen LogP contribution in [0.3, 0.4) is 0 Å². The number of hydrogen-bond donors (Lipinski definition) is 9. The zero-order chi connectivity index (χ0) is 73.0. The van der Waals surface area contributed by atoms with Gasteiger partial charge in [-0.15, -0.1) is 0 Å². The van der Waals surface area contributed by atoms with Gasteiger partial charge in [-0.25, -0.2) is 0 Å². The number of carbonyl (C=O) groups is 1. The van der Waals surface area contributed by atoms with Crippen LogP contribution in [0.2, 0.25) is 0 Å². The maximum Gasteiger partial charge on any atom is 0.220 e. The summed E-state index contributed by atoms with van der Waals surface area (Å²) >= 11 is 0. The molecule has 0 aliphatic carbocycles. The molecule has 0 aromatic carbocycles. The van der Waals surface area contributed by atoms with Crippen molar-refractivity contribution in [2.24, 2.45) is 0 Å². The molecule has 0 saturated carbocycles. The molecule has 2 fully saturated rings. The number of ether oxygens (including phenoxy) is 4. The Balaban J connectivity index is 1.61. The van der Waals surface area contributed by atoms with Crippen LogP contribution < -0.4 is 5.32 Å². The smallest absolute Gasteiger partial charge is 0.220 e. The number of aliphatic hydroxyl groups is 8. The van der Waals surface area contributed by atoms with Crippen molar-refractivity contribution in [2.75, 3.05) is 19.8 Å². The van der Waals surface area contributed by atoms with Crippen molar-refractivity contribution in [3.63, 3.8) is 0 Å². The third-order valence-electron chi connectivity index (χ3n) is 20.0. The lowest BCUT2D eigenvalue weighted by atomic mass is 9.97. The molecule has 101 heavy (non-hydrogen) atoms. The molecule has 0 spiro atoms. The highest BCUT2D eigenvalue weighted by Gasteiger charge is 2.51. The molecule has 2 heterocycles. The third-order valence-corrected chi connectivity index (χ3v) is 20.0. The van der Waals surface area contributed by atoms with Crippen molar-refractivity contribution in [1.29, 1.82) is 0 Å². The third kappa shape index (κ3) is 52.5. The maximum atomic E-state index is 13.4. The van der Waals surface area contributed by atoms with Gasteiger partial charge in [-0.1, -0.05) is 361 Å². The van der Waals surface area contributed by atoms with Crippen molar-refractivity contribution in [3.8, 4) is 0 Å². The number of unbranched alkanes of at least 4 members (excludes halogenated alkanes) is 43. The van der Waals surface area contributed by atoms with Gasteiger partial charge in [0.05, 0.1) is 32.0 Å². The molecule has 2 rings (SSSR count). The first kappa shape index (κ1) is 94.0. The standard InChI is InChI=1S/C87H155NO13/c1-3-5-7-9-11-13-15-17-19-21-23-25-27-29-31-33-35-37-38-39-41-43-45-47-49-51-53-55-57-59-61-63-65-67-69-71-79(92)88-75(74-98-86-84(97)82(95)85(78(73-90)100-86)101-87-83(96)81(94)80(93)77(72-89)99-87)76(91)70-68-66-64-62-60-58-56-54-52-50-48-46-44-42-40-36-34-32-30-28-26-24-22-20-18-16-14-12-10-8-6-4-2/h5,7,11,13,17,19,23,25,29,31,35,37,60,62,68,70,75-78,80-87,89-91,93-97H,3-4,6,8-10,12,14-16,18,20-22,24,26-28,30,32-34,36,38-59,61,63-67,69,71-74H2,1-2H3,(H,88,92)/b7-5-,13-11-,19-17-,25-23-,31-29-,37-35-,62-60+,70-68+. The van der Waals surface area contributed by atoms with Gasteiger partial charge in [0.1, 0.15) is 48.8 Å². The maximum absolute atomic E-state index is 13.4. The second-order valence-electron chi connectivity index (χ2n) is 29.2. The van der Waals surface area contributed by atoms with E-state index in [1.165, 1.54) is 250 Å². The molecule has 12 atom stereocenters. The van der Waals surface area contributed by atoms with Gasteiger partial charge < -0.3 is 65.1 Å². The summed E-state index contributed by atoms with van der Waals surface area (Å²) in [5.41, 5.74) is 0. The van der Waals surface area contributed by atoms with Gasteiger partial charge in [-0.05, 0) is 83.5 Å². The van der Waals surface area contributed by atoms with Crippen LogP contribution in [0, 0.1) is 0 Å². The molecule has 2 aliphatic heterocycles. The summed E-state index contributed by atoms with van der Waals surface area (Å²) in [4.78, 5) is 13.4. The first-order valence-electron chi connectivity index (χ1n) is 42.0. The SMILES string of the molecule is CC/C=C\C/C=C\C/C=C\C/C=C\C/C=C\C/C=C\CCCCCCCCCCCCCCCCCCC(=O)NC(COC1OC(CO)C(OC2OC(CO)C(O)C(O)C2O)C(O)C1O)C(O)/C=C/CC/C=C/CCCCCCCCCCCCCCCCCCCCCCCCCCCC. The molecule has 2 aliphatic rings. The average Bonchev–Trinajstić information content (AvgIpc) is 0.791. The van der Waals surface area contributed by atoms with Gasteiger partial charge in [0.25, 0.3) is 0 Å². The Kier molecular flexibility index (Phi) is 65.1. The molecule has 0 aromatic rings. The largest absolute Gasteiger partial charge is 0.394 e. The van der Waals surface area contributed by atoms with E-state index in [0.717, 1.165) is 70.6 Å². The van der Waals surface area contributed by atoms with E-state index in [2.05, 4.69) is 104 Å². The van der Waals surface area contributed by atoms with Crippen molar-refractivity contribution >= 4 is 5.91 Å². The van der Waals surface area contributed by atoms with E-state index in [0.29, 0.717) is 12.8 Å². The molecule has 14 nitrogen and oxygen atoms in total. The topological polar surface area (TPSA) is 228 Å². The fraction of sp³-hybridized carbons (Fsp3) is 0.805. The Morgan fingerprint density at radius 3 is 1.09 bits per heavy atom. The van der Waals surface area contributed by atoms with Crippen LogP contribution in [0.25, 0.3) is 0 Å². The predicted molar refractivity (Wildman–Crippen MR) is 419 cm³/mol. The van der Waals surface area contributed by atoms with Gasteiger partial charge in [0, 0.05) is 6.42 Å². The number of aliphatic hydroxyl groups excluding tert-OH is 8. The quantitative estimate of drug-likeness (QED) is 0.0204. The molecule has 0 bridgehead atoms. The zero-order valence-corrected chi connectivity index (χ0v) is 64.4. The summed E-state index contributed by atoms with van der Waals surface area (Å²) in [6.07, 6.45) is 83.6. The second kappa shape index (κ2) is 69.9. The molecule has 586 valence electrons. The van der Waals surface area contributed by atoms with Gasteiger partial charge in [0.15, 0.2) is 12.6 Å². The van der Waals surface area contributed by atoms with E-state index in [9.17, 15) is 45.6 Å². The van der Waals surface area contributed by atoms with E-state index in [1.807, 2.05) is 6.08 Å². The summed E-state index contributed by atoms with van der Waals surface area (Å²) in [6.45, 7) is 2.72. The summed E-state index contributed by atoms with van der Waals surface area (Å²) in [5.74, 6) is -0.247. The molecular formula is C87H155NO13. The minimum atomic E-state index is -1.80.